The molecule has 0 aliphatic rings. The van der Waals surface area contributed by atoms with E-state index in [0.29, 0.717) is 11.4 Å². The quantitative estimate of drug-likeness (QED) is 0.782. The fraction of sp³-hybridized carbons (Fsp3) is 0.143. The Labute approximate surface area is 115 Å². The molecule has 3 heterocycles. The molecule has 3 rings (SSSR count). The number of nitrogens with zero attached hydrogens (tertiary/aromatic N) is 4. The standard InChI is InChI=1S/C14H13N5O/c1-10(16-14(20)11-5-4-7-15-9-11)13-18-17-12-6-2-3-8-19(12)13/h2-10H,1H3,(H,16,20)/t10-/m0/s1. The number of carbonyl (C=O) groups is 1. The fourth-order valence-electron chi connectivity index (χ4n) is 2.00. The molecule has 6 nitrogen and oxygen atoms in total. The summed E-state index contributed by atoms with van der Waals surface area (Å²) in [6.45, 7) is 1.87. The maximum absolute atomic E-state index is 12.1. The molecule has 0 radical (unpaired) electrons. The van der Waals surface area contributed by atoms with Crippen LogP contribution in [-0.2, 0) is 0 Å². The van der Waals surface area contributed by atoms with Gasteiger partial charge in [-0.1, -0.05) is 6.07 Å². The van der Waals surface area contributed by atoms with Crippen LogP contribution in [-0.4, -0.2) is 25.5 Å². The molecule has 20 heavy (non-hydrogen) atoms. The molecule has 0 bridgehead atoms. The zero-order valence-corrected chi connectivity index (χ0v) is 10.9. The Balaban J connectivity index is 1.83. The minimum absolute atomic E-state index is 0.182. The smallest absolute Gasteiger partial charge is 0.253 e. The van der Waals surface area contributed by atoms with Crippen molar-refractivity contribution in [2.24, 2.45) is 0 Å². The van der Waals surface area contributed by atoms with Crippen LogP contribution in [0, 0.1) is 0 Å². The Morgan fingerprint density at radius 3 is 2.95 bits per heavy atom. The molecular formula is C14H13N5O. The summed E-state index contributed by atoms with van der Waals surface area (Å²) in [5, 5.41) is 11.1. The van der Waals surface area contributed by atoms with Gasteiger partial charge in [0.25, 0.3) is 5.91 Å². The highest BCUT2D eigenvalue weighted by Gasteiger charge is 2.16. The topological polar surface area (TPSA) is 72.2 Å². The van der Waals surface area contributed by atoms with E-state index in [1.165, 1.54) is 6.20 Å². The number of hydrogen-bond acceptors (Lipinski definition) is 4. The lowest BCUT2D eigenvalue weighted by Crippen LogP contribution is -2.28. The Morgan fingerprint density at radius 2 is 2.15 bits per heavy atom. The number of hydrogen-bond donors (Lipinski definition) is 1. The first kappa shape index (κ1) is 12.3. The molecule has 3 aromatic heterocycles. The zero-order chi connectivity index (χ0) is 13.9. The van der Waals surface area contributed by atoms with Gasteiger partial charge in [-0.15, -0.1) is 10.2 Å². The lowest BCUT2D eigenvalue weighted by molar-refractivity contribution is 0.0937. The average Bonchev–Trinajstić information content (AvgIpc) is 2.92. The number of rotatable bonds is 3. The molecule has 0 fully saturated rings. The van der Waals surface area contributed by atoms with Crippen molar-refractivity contribution in [2.45, 2.75) is 13.0 Å². The molecule has 0 spiro atoms. The van der Waals surface area contributed by atoms with Crippen molar-refractivity contribution in [1.29, 1.82) is 0 Å². The van der Waals surface area contributed by atoms with Crippen molar-refractivity contribution in [3.05, 3.63) is 60.3 Å². The van der Waals surface area contributed by atoms with Gasteiger partial charge >= 0.3 is 0 Å². The normalized spacial score (nSPS) is 12.2. The molecule has 0 saturated heterocycles. The Morgan fingerprint density at radius 1 is 1.25 bits per heavy atom. The summed E-state index contributed by atoms with van der Waals surface area (Å²) in [7, 11) is 0. The molecule has 1 N–H and O–H groups in total. The maximum atomic E-state index is 12.1. The van der Waals surface area contributed by atoms with Gasteiger partial charge in [0.05, 0.1) is 11.6 Å². The predicted octanol–water partition coefficient (Wildman–Crippen LogP) is 1.62. The SMILES string of the molecule is C[C@H](NC(=O)c1cccnc1)c1nnc2ccccn12. The van der Waals surface area contributed by atoms with Crippen LogP contribution in [0.15, 0.2) is 48.9 Å². The highest BCUT2D eigenvalue weighted by molar-refractivity contribution is 5.94. The van der Waals surface area contributed by atoms with Crippen LogP contribution in [0.3, 0.4) is 0 Å². The van der Waals surface area contributed by atoms with E-state index in [2.05, 4.69) is 20.5 Å². The maximum Gasteiger partial charge on any atom is 0.253 e. The molecule has 3 aromatic rings. The lowest BCUT2D eigenvalue weighted by atomic mass is 10.2. The van der Waals surface area contributed by atoms with Gasteiger partial charge in [0.15, 0.2) is 11.5 Å². The van der Waals surface area contributed by atoms with Crippen LogP contribution < -0.4 is 5.32 Å². The van der Waals surface area contributed by atoms with Gasteiger partial charge in [-0.3, -0.25) is 14.2 Å². The molecule has 0 aromatic carbocycles. The van der Waals surface area contributed by atoms with E-state index in [-0.39, 0.29) is 11.9 Å². The van der Waals surface area contributed by atoms with Gasteiger partial charge in [-0.25, -0.2) is 0 Å². The van der Waals surface area contributed by atoms with Crippen LogP contribution in [0.4, 0.5) is 0 Å². The first-order chi connectivity index (χ1) is 9.75. The minimum atomic E-state index is -0.250. The Kier molecular flexibility index (Phi) is 3.12. The monoisotopic (exact) mass is 267 g/mol. The third-order valence-electron chi connectivity index (χ3n) is 3.00. The van der Waals surface area contributed by atoms with Crippen molar-refractivity contribution < 1.29 is 4.79 Å². The van der Waals surface area contributed by atoms with E-state index in [1.807, 2.05) is 35.7 Å². The Hall–Kier alpha value is -2.76. The predicted molar refractivity (Wildman–Crippen MR) is 73.1 cm³/mol. The van der Waals surface area contributed by atoms with E-state index in [1.54, 1.807) is 18.3 Å². The first-order valence-corrected chi connectivity index (χ1v) is 6.26. The number of fused-ring (bicyclic) bond motifs is 1. The molecule has 1 atom stereocenters. The summed E-state index contributed by atoms with van der Waals surface area (Å²) >= 11 is 0. The van der Waals surface area contributed by atoms with Crippen LogP contribution in [0.25, 0.3) is 5.65 Å². The van der Waals surface area contributed by atoms with Crippen molar-refractivity contribution in [1.82, 2.24) is 24.9 Å². The second-order valence-corrected chi connectivity index (χ2v) is 4.42. The van der Waals surface area contributed by atoms with Crippen molar-refractivity contribution in [3.8, 4) is 0 Å². The van der Waals surface area contributed by atoms with E-state index in [4.69, 9.17) is 0 Å². The molecular weight excluding hydrogens is 254 g/mol. The van der Waals surface area contributed by atoms with E-state index in [0.717, 1.165) is 5.65 Å². The van der Waals surface area contributed by atoms with Crippen LogP contribution in [0.5, 0.6) is 0 Å². The van der Waals surface area contributed by atoms with E-state index < -0.39 is 0 Å². The summed E-state index contributed by atoms with van der Waals surface area (Å²) in [5.74, 6) is 0.510. The van der Waals surface area contributed by atoms with Crippen LogP contribution in [0.2, 0.25) is 0 Å². The third-order valence-corrected chi connectivity index (χ3v) is 3.00. The average molecular weight is 267 g/mol. The van der Waals surface area contributed by atoms with Crippen molar-refractivity contribution in [3.63, 3.8) is 0 Å². The van der Waals surface area contributed by atoms with Gasteiger partial charge in [0, 0.05) is 18.6 Å². The molecule has 0 saturated carbocycles. The Bertz CT molecular complexity index is 737. The summed E-state index contributed by atoms with van der Waals surface area (Å²) in [6.07, 6.45) is 5.04. The highest BCUT2D eigenvalue weighted by Crippen LogP contribution is 2.12. The summed E-state index contributed by atoms with van der Waals surface area (Å²) in [4.78, 5) is 16.0. The summed E-state index contributed by atoms with van der Waals surface area (Å²) < 4.78 is 1.86. The second-order valence-electron chi connectivity index (χ2n) is 4.42. The van der Waals surface area contributed by atoms with Gasteiger partial charge in [0.1, 0.15) is 0 Å². The van der Waals surface area contributed by atoms with Crippen molar-refractivity contribution in [2.75, 3.05) is 0 Å². The fourth-order valence-corrected chi connectivity index (χ4v) is 2.00. The number of amides is 1. The first-order valence-electron chi connectivity index (χ1n) is 6.26. The molecule has 0 aliphatic carbocycles. The van der Waals surface area contributed by atoms with Crippen LogP contribution in [0.1, 0.15) is 29.1 Å². The minimum Gasteiger partial charge on any atom is -0.342 e. The van der Waals surface area contributed by atoms with Gasteiger partial charge in [0.2, 0.25) is 0 Å². The number of nitrogens with one attached hydrogen (secondary N) is 1. The molecule has 0 aliphatic heterocycles. The molecule has 100 valence electrons. The summed E-state index contributed by atoms with van der Waals surface area (Å²) in [6, 6.07) is 8.86. The van der Waals surface area contributed by atoms with E-state index in [9.17, 15) is 4.79 Å². The number of pyridine rings is 2. The summed E-state index contributed by atoms with van der Waals surface area (Å²) in [5.41, 5.74) is 1.28. The van der Waals surface area contributed by atoms with Gasteiger partial charge in [-0.2, -0.15) is 0 Å². The molecule has 0 unspecified atom stereocenters. The zero-order valence-electron chi connectivity index (χ0n) is 10.9. The third kappa shape index (κ3) is 2.23. The number of carbonyl (C=O) groups excluding carboxylic acids is 1. The second kappa shape index (κ2) is 5.08. The number of aromatic nitrogens is 4. The molecule has 6 heteroatoms. The van der Waals surface area contributed by atoms with Crippen LogP contribution >= 0.6 is 0 Å². The van der Waals surface area contributed by atoms with Gasteiger partial charge < -0.3 is 5.32 Å². The highest BCUT2D eigenvalue weighted by atomic mass is 16.1. The largest absolute Gasteiger partial charge is 0.342 e. The lowest BCUT2D eigenvalue weighted by Gasteiger charge is -2.12. The van der Waals surface area contributed by atoms with Gasteiger partial charge in [-0.05, 0) is 31.2 Å². The molecule has 1 amide bonds. The van der Waals surface area contributed by atoms with Crippen molar-refractivity contribution >= 4 is 11.6 Å². The van der Waals surface area contributed by atoms with E-state index >= 15 is 0 Å².